The van der Waals surface area contributed by atoms with Crippen LogP contribution in [-0.4, -0.2) is 6.04 Å². The van der Waals surface area contributed by atoms with E-state index in [0.717, 1.165) is 6.42 Å². The number of para-hydroxylation sites is 1. The van der Waals surface area contributed by atoms with Gasteiger partial charge in [0.2, 0.25) is 0 Å². The molecule has 0 saturated heterocycles. The average Bonchev–Trinajstić information content (AvgIpc) is 2.31. The molecule has 0 unspecified atom stereocenters. The minimum Gasteiger partial charge on any atom is -0.382 e. The van der Waals surface area contributed by atoms with Crippen molar-refractivity contribution < 1.29 is 0 Å². The first-order chi connectivity index (χ1) is 7.84. The van der Waals surface area contributed by atoms with Crippen LogP contribution in [0, 0.1) is 0 Å². The molecule has 0 saturated carbocycles. The topological polar surface area (TPSA) is 12.0 Å². The van der Waals surface area contributed by atoms with Crippen molar-refractivity contribution in [3.63, 3.8) is 0 Å². The van der Waals surface area contributed by atoms with E-state index in [1.165, 1.54) is 11.3 Å². The fourth-order valence-corrected chi connectivity index (χ4v) is 1.84. The van der Waals surface area contributed by atoms with Crippen LogP contribution in [0.3, 0.4) is 0 Å². The van der Waals surface area contributed by atoms with Gasteiger partial charge in [-0.15, -0.1) is 0 Å². The molecule has 0 aliphatic rings. The van der Waals surface area contributed by atoms with Crippen LogP contribution in [0.5, 0.6) is 0 Å². The van der Waals surface area contributed by atoms with Crippen molar-refractivity contribution in [2.45, 2.75) is 19.4 Å². The van der Waals surface area contributed by atoms with Gasteiger partial charge in [0.15, 0.2) is 0 Å². The van der Waals surface area contributed by atoms with Crippen LogP contribution >= 0.6 is 0 Å². The average molecular weight is 211 g/mol. The summed E-state index contributed by atoms with van der Waals surface area (Å²) in [6, 6.07) is 21.4. The van der Waals surface area contributed by atoms with Gasteiger partial charge in [-0.2, -0.15) is 0 Å². The fourth-order valence-electron chi connectivity index (χ4n) is 1.84. The predicted molar refractivity (Wildman–Crippen MR) is 69.7 cm³/mol. The molecule has 0 aliphatic carbocycles. The van der Waals surface area contributed by atoms with E-state index in [1.54, 1.807) is 0 Å². The quantitative estimate of drug-likeness (QED) is 0.812. The van der Waals surface area contributed by atoms with Gasteiger partial charge < -0.3 is 5.32 Å². The Morgan fingerprint density at radius 2 is 1.44 bits per heavy atom. The molecule has 2 rings (SSSR count). The van der Waals surface area contributed by atoms with Gasteiger partial charge in [-0.3, -0.25) is 0 Å². The lowest BCUT2D eigenvalue weighted by atomic mass is 10.1. The van der Waals surface area contributed by atoms with E-state index >= 15 is 0 Å². The summed E-state index contributed by atoms with van der Waals surface area (Å²) in [7, 11) is 0. The number of benzene rings is 2. The molecule has 1 N–H and O–H groups in total. The Balaban J connectivity index is 1.92. The Hall–Kier alpha value is -1.76. The Bertz CT molecular complexity index is 366. The number of rotatable bonds is 4. The SMILES string of the molecule is C[C@@H](Cc1ccccc1)Nc1ccccc1. The van der Waals surface area contributed by atoms with Gasteiger partial charge in [0.25, 0.3) is 0 Å². The van der Waals surface area contributed by atoms with Gasteiger partial charge in [0.1, 0.15) is 0 Å². The monoisotopic (exact) mass is 211 g/mol. The molecule has 0 aliphatic heterocycles. The molecule has 2 aromatic carbocycles. The van der Waals surface area contributed by atoms with Crippen LogP contribution in [-0.2, 0) is 6.42 Å². The van der Waals surface area contributed by atoms with Crippen molar-refractivity contribution in [3.05, 3.63) is 66.2 Å². The predicted octanol–water partition coefficient (Wildman–Crippen LogP) is 3.73. The Kier molecular flexibility index (Phi) is 3.60. The minimum atomic E-state index is 0.449. The zero-order valence-electron chi connectivity index (χ0n) is 9.56. The highest BCUT2D eigenvalue weighted by atomic mass is 14.9. The number of nitrogens with one attached hydrogen (secondary N) is 1. The second-order valence-corrected chi connectivity index (χ2v) is 4.10. The highest BCUT2D eigenvalue weighted by Crippen LogP contribution is 2.10. The molecule has 0 spiro atoms. The molecule has 0 fully saturated rings. The maximum Gasteiger partial charge on any atom is 0.0342 e. The van der Waals surface area contributed by atoms with Crippen molar-refractivity contribution in [3.8, 4) is 0 Å². The lowest BCUT2D eigenvalue weighted by molar-refractivity contribution is 0.790. The normalized spacial score (nSPS) is 12.1. The van der Waals surface area contributed by atoms with Crippen molar-refractivity contribution in [2.24, 2.45) is 0 Å². The Morgan fingerprint density at radius 1 is 0.875 bits per heavy atom. The van der Waals surface area contributed by atoms with Gasteiger partial charge >= 0.3 is 0 Å². The van der Waals surface area contributed by atoms with Crippen molar-refractivity contribution in [1.82, 2.24) is 0 Å². The third-order valence-corrected chi connectivity index (χ3v) is 2.57. The van der Waals surface area contributed by atoms with E-state index in [0.29, 0.717) is 6.04 Å². The number of hydrogen-bond acceptors (Lipinski definition) is 1. The smallest absolute Gasteiger partial charge is 0.0342 e. The van der Waals surface area contributed by atoms with Crippen molar-refractivity contribution in [2.75, 3.05) is 5.32 Å². The molecule has 1 heteroatoms. The van der Waals surface area contributed by atoms with Crippen LogP contribution in [0.2, 0.25) is 0 Å². The Morgan fingerprint density at radius 3 is 2.06 bits per heavy atom. The molecule has 0 bridgehead atoms. The third-order valence-electron chi connectivity index (χ3n) is 2.57. The largest absolute Gasteiger partial charge is 0.382 e. The molecule has 0 radical (unpaired) electrons. The van der Waals surface area contributed by atoms with E-state index in [1.807, 2.05) is 6.07 Å². The maximum absolute atomic E-state index is 3.49. The van der Waals surface area contributed by atoms with E-state index in [9.17, 15) is 0 Å². The van der Waals surface area contributed by atoms with Gasteiger partial charge in [-0.25, -0.2) is 0 Å². The van der Waals surface area contributed by atoms with Crippen LogP contribution in [0.1, 0.15) is 12.5 Å². The molecular formula is C15H17N. The second-order valence-electron chi connectivity index (χ2n) is 4.10. The first-order valence-corrected chi connectivity index (χ1v) is 5.70. The van der Waals surface area contributed by atoms with E-state index < -0.39 is 0 Å². The van der Waals surface area contributed by atoms with Gasteiger partial charge in [-0.05, 0) is 31.0 Å². The summed E-state index contributed by atoms with van der Waals surface area (Å²) in [4.78, 5) is 0. The first-order valence-electron chi connectivity index (χ1n) is 5.70. The van der Waals surface area contributed by atoms with E-state index in [-0.39, 0.29) is 0 Å². The number of hydrogen-bond donors (Lipinski definition) is 1. The Labute approximate surface area is 97.1 Å². The maximum atomic E-state index is 3.49. The standard InChI is InChI=1S/C15H17N/c1-13(12-14-8-4-2-5-9-14)16-15-10-6-3-7-11-15/h2-11,13,16H,12H2,1H3/t13-/m0/s1. The van der Waals surface area contributed by atoms with Gasteiger partial charge in [0.05, 0.1) is 0 Å². The summed E-state index contributed by atoms with van der Waals surface area (Å²) in [5.41, 5.74) is 2.56. The summed E-state index contributed by atoms with van der Waals surface area (Å²) in [5, 5.41) is 3.49. The minimum absolute atomic E-state index is 0.449. The van der Waals surface area contributed by atoms with Crippen LogP contribution in [0.25, 0.3) is 0 Å². The zero-order valence-corrected chi connectivity index (χ0v) is 9.56. The van der Waals surface area contributed by atoms with Crippen LogP contribution in [0.15, 0.2) is 60.7 Å². The summed E-state index contributed by atoms with van der Waals surface area (Å²) < 4.78 is 0. The molecule has 1 nitrogen and oxygen atoms in total. The molecule has 0 aromatic heterocycles. The van der Waals surface area contributed by atoms with E-state index in [2.05, 4.69) is 66.8 Å². The van der Waals surface area contributed by atoms with Gasteiger partial charge in [-0.1, -0.05) is 48.5 Å². The third kappa shape index (κ3) is 3.13. The first kappa shape index (κ1) is 10.7. The highest BCUT2D eigenvalue weighted by Gasteiger charge is 2.02. The molecule has 1 atom stereocenters. The number of anilines is 1. The summed E-state index contributed by atoms with van der Waals surface area (Å²) in [6.45, 7) is 2.21. The van der Waals surface area contributed by atoms with Gasteiger partial charge in [0, 0.05) is 11.7 Å². The molecule has 0 heterocycles. The molecular weight excluding hydrogens is 194 g/mol. The fraction of sp³-hybridized carbons (Fsp3) is 0.200. The summed E-state index contributed by atoms with van der Waals surface area (Å²) >= 11 is 0. The highest BCUT2D eigenvalue weighted by molar-refractivity contribution is 5.43. The lowest BCUT2D eigenvalue weighted by Gasteiger charge is -2.15. The summed E-state index contributed by atoms with van der Waals surface area (Å²) in [5.74, 6) is 0. The van der Waals surface area contributed by atoms with Crippen LogP contribution < -0.4 is 5.32 Å². The molecule has 82 valence electrons. The lowest BCUT2D eigenvalue weighted by Crippen LogP contribution is -2.17. The second kappa shape index (κ2) is 5.36. The van der Waals surface area contributed by atoms with Crippen molar-refractivity contribution in [1.29, 1.82) is 0 Å². The zero-order chi connectivity index (χ0) is 11.2. The summed E-state index contributed by atoms with van der Waals surface area (Å²) in [6.07, 6.45) is 1.05. The molecule has 16 heavy (non-hydrogen) atoms. The van der Waals surface area contributed by atoms with Crippen LogP contribution in [0.4, 0.5) is 5.69 Å². The van der Waals surface area contributed by atoms with E-state index in [4.69, 9.17) is 0 Å². The molecule has 2 aromatic rings. The van der Waals surface area contributed by atoms with Crippen molar-refractivity contribution >= 4 is 5.69 Å². The molecule has 0 amide bonds.